The van der Waals surface area contributed by atoms with Gasteiger partial charge in [-0.15, -0.1) is 23.2 Å². The third-order valence-corrected chi connectivity index (χ3v) is 4.37. The average Bonchev–Trinajstić information content (AvgIpc) is 2.40. The first-order valence-electron chi connectivity index (χ1n) is 5.38. The van der Waals surface area contributed by atoms with E-state index in [1.165, 1.54) is 10.6 Å². The van der Waals surface area contributed by atoms with Crippen molar-refractivity contribution < 1.29 is 0 Å². The molecule has 0 aliphatic carbocycles. The van der Waals surface area contributed by atoms with Crippen molar-refractivity contribution in [1.29, 1.82) is 0 Å². The molecule has 0 aliphatic heterocycles. The van der Waals surface area contributed by atoms with E-state index >= 15 is 0 Å². The topological polar surface area (TPSA) is 0 Å². The molecule has 0 amide bonds. The van der Waals surface area contributed by atoms with E-state index in [9.17, 15) is 0 Å². The van der Waals surface area contributed by atoms with Gasteiger partial charge in [0.2, 0.25) is 0 Å². The Morgan fingerprint density at radius 2 is 1.00 bits per heavy atom. The normalized spacial score (nSPS) is 9.89. The number of hydrogen-bond acceptors (Lipinski definition) is 0. The number of rotatable bonds is 4. The van der Waals surface area contributed by atoms with Gasteiger partial charge in [0.05, 0.1) is 0 Å². The minimum absolute atomic E-state index is 0. The second-order valence-corrected chi connectivity index (χ2v) is 5.73. The van der Waals surface area contributed by atoms with Crippen LogP contribution in [-0.4, -0.2) is 29.6 Å². The fourth-order valence-electron chi connectivity index (χ4n) is 1.52. The fourth-order valence-corrected chi connectivity index (χ4v) is 2.88. The van der Waals surface area contributed by atoms with Gasteiger partial charge in [0.1, 0.15) is 0 Å². The van der Waals surface area contributed by atoms with Crippen molar-refractivity contribution in [3.8, 4) is 0 Å². The van der Waals surface area contributed by atoms with E-state index in [1.807, 2.05) is 0 Å². The number of alkyl halides is 2. The standard InChI is InChI=1S/C14H13Cl2P.Na.H/c15-9-11-1-5-13(6-2-11)17-14-7-3-12(10-16)4-8-14;;/h1-8,17H,9-10H2;;. The van der Waals surface area contributed by atoms with Crippen LogP contribution in [-0.2, 0) is 11.8 Å². The van der Waals surface area contributed by atoms with Crippen molar-refractivity contribution in [3.05, 3.63) is 59.7 Å². The molecular weight excluding hydrogens is 293 g/mol. The van der Waals surface area contributed by atoms with Crippen LogP contribution in [0.4, 0.5) is 0 Å². The van der Waals surface area contributed by atoms with E-state index in [1.54, 1.807) is 0 Å². The third kappa shape index (κ3) is 4.85. The maximum absolute atomic E-state index is 5.76. The van der Waals surface area contributed by atoms with E-state index in [-0.39, 0.29) is 29.6 Å². The van der Waals surface area contributed by atoms with Gasteiger partial charge in [-0.05, 0) is 21.7 Å². The predicted molar refractivity (Wildman–Crippen MR) is 86.7 cm³/mol. The first-order chi connectivity index (χ1) is 8.31. The molecule has 0 atom stereocenters. The Bertz CT molecular complexity index is 423. The Morgan fingerprint density at radius 3 is 1.28 bits per heavy atom. The van der Waals surface area contributed by atoms with E-state index in [4.69, 9.17) is 23.2 Å². The van der Waals surface area contributed by atoms with Gasteiger partial charge in [-0.3, -0.25) is 0 Å². The summed E-state index contributed by atoms with van der Waals surface area (Å²) in [7, 11) is 0.686. The van der Waals surface area contributed by atoms with Gasteiger partial charge in [0, 0.05) is 11.8 Å². The van der Waals surface area contributed by atoms with E-state index in [0.717, 1.165) is 11.1 Å². The molecule has 2 aromatic carbocycles. The van der Waals surface area contributed by atoms with Crippen molar-refractivity contribution in [1.82, 2.24) is 0 Å². The molecular formula is C14H14Cl2NaP. The predicted octanol–water partition coefficient (Wildman–Crippen LogP) is 3.15. The number of hydrogen-bond donors (Lipinski definition) is 0. The second kappa shape index (κ2) is 8.59. The quantitative estimate of drug-likeness (QED) is 0.462. The van der Waals surface area contributed by atoms with Gasteiger partial charge in [-0.1, -0.05) is 57.1 Å². The van der Waals surface area contributed by atoms with Crippen LogP contribution in [0.5, 0.6) is 0 Å². The summed E-state index contributed by atoms with van der Waals surface area (Å²) in [6, 6.07) is 16.9. The molecule has 0 radical (unpaired) electrons. The molecule has 0 aromatic heterocycles. The van der Waals surface area contributed by atoms with Crippen LogP contribution in [0.25, 0.3) is 0 Å². The van der Waals surface area contributed by atoms with Crippen molar-refractivity contribution in [2.45, 2.75) is 11.8 Å². The van der Waals surface area contributed by atoms with E-state index in [0.29, 0.717) is 20.3 Å². The summed E-state index contributed by atoms with van der Waals surface area (Å²) >= 11 is 11.5. The first-order valence-corrected chi connectivity index (χ1v) is 7.45. The third-order valence-electron chi connectivity index (χ3n) is 2.51. The summed E-state index contributed by atoms with van der Waals surface area (Å²) in [5, 5.41) is 2.66. The number of halogens is 2. The first kappa shape index (κ1) is 16.5. The molecule has 2 aromatic rings. The molecule has 0 fully saturated rings. The maximum atomic E-state index is 5.76. The Morgan fingerprint density at radius 1 is 0.667 bits per heavy atom. The molecule has 0 bridgehead atoms. The van der Waals surface area contributed by atoms with Gasteiger partial charge in [-0.2, -0.15) is 0 Å². The zero-order chi connectivity index (χ0) is 12.1. The van der Waals surface area contributed by atoms with Crippen molar-refractivity contribution in [2.75, 3.05) is 0 Å². The van der Waals surface area contributed by atoms with Crippen LogP contribution < -0.4 is 10.6 Å². The van der Waals surface area contributed by atoms with E-state index in [2.05, 4.69) is 48.5 Å². The van der Waals surface area contributed by atoms with Crippen LogP contribution in [0.1, 0.15) is 11.1 Å². The summed E-state index contributed by atoms with van der Waals surface area (Å²) in [6.45, 7) is 0. The van der Waals surface area contributed by atoms with Crippen LogP contribution in [0.3, 0.4) is 0 Å². The molecule has 0 nitrogen and oxygen atoms in total. The van der Waals surface area contributed by atoms with Crippen LogP contribution in [0, 0.1) is 0 Å². The zero-order valence-corrected chi connectivity index (χ0v) is 11.8. The van der Waals surface area contributed by atoms with E-state index < -0.39 is 0 Å². The molecule has 2 rings (SSSR count). The van der Waals surface area contributed by atoms with Crippen molar-refractivity contribution in [3.63, 3.8) is 0 Å². The zero-order valence-electron chi connectivity index (χ0n) is 9.29. The average molecular weight is 307 g/mol. The molecule has 0 spiro atoms. The van der Waals surface area contributed by atoms with Crippen molar-refractivity contribution >= 4 is 71.9 Å². The molecule has 0 saturated heterocycles. The molecule has 0 heterocycles. The minimum atomic E-state index is 0. The van der Waals surface area contributed by atoms with Crippen molar-refractivity contribution in [2.24, 2.45) is 0 Å². The molecule has 0 aliphatic rings. The van der Waals surface area contributed by atoms with Gasteiger partial charge in [0.25, 0.3) is 0 Å². The molecule has 0 saturated carbocycles. The summed E-state index contributed by atoms with van der Waals surface area (Å²) in [5.74, 6) is 1.15. The Kier molecular flexibility index (Phi) is 7.87. The SMILES string of the molecule is ClCc1ccc(Pc2ccc(CCl)cc2)cc1.[NaH]. The van der Waals surface area contributed by atoms with Gasteiger partial charge in [-0.25, -0.2) is 0 Å². The molecule has 0 unspecified atom stereocenters. The molecule has 4 heteroatoms. The molecule has 18 heavy (non-hydrogen) atoms. The summed E-state index contributed by atoms with van der Waals surface area (Å²) < 4.78 is 0. The monoisotopic (exact) mass is 306 g/mol. The van der Waals surface area contributed by atoms with Crippen LogP contribution >= 0.6 is 31.8 Å². The summed E-state index contributed by atoms with van der Waals surface area (Å²) in [6.07, 6.45) is 0. The number of benzene rings is 2. The second-order valence-electron chi connectivity index (χ2n) is 3.79. The van der Waals surface area contributed by atoms with Gasteiger partial charge in [0.15, 0.2) is 0 Å². The molecule has 90 valence electrons. The van der Waals surface area contributed by atoms with Crippen LogP contribution in [0.2, 0.25) is 0 Å². The van der Waals surface area contributed by atoms with Gasteiger partial charge < -0.3 is 0 Å². The Hall–Kier alpha value is 0.450. The van der Waals surface area contributed by atoms with Gasteiger partial charge >= 0.3 is 29.6 Å². The molecule has 0 N–H and O–H groups in total. The van der Waals surface area contributed by atoms with Crippen LogP contribution in [0.15, 0.2) is 48.5 Å². The Balaban J connectivity index is 0.00000162. The summed E-state index contributed by atoms with van der Waals surface area (Å²) in [4.78, 5) is 0. The summed E-state index contributed by atoms with van der Waals surface area (Å²) in [5.41, 5.74) is 2.33. The fraction of sp³-hybridized carbons (Fsp3) is 0.143. The Labute approximate surface area is 142 Å².